The molecule has 1 fully saturated rings. The highest BCUT2D eigenvalue weighted by Gasteiger charge is 2.26. The second-order valence-corrected chi connectivity index (χ2v) is 6.00. The van der Waals surface area contributed by atoms with Crippen LogP contribution in [0.5, 0.6) is 0 Å². The Hall–Kier alpha value is -0.340. The molecule has 1 N–H and O–H groups in total. The molecule has 1 saturated carbocycles. The molecule has 1 aromatic carbocycles. The second kappa shape index (κ2) is 6.55. The van der Waals surface area contributed by atoms with Crippen LogP contribution in [0.1, 0.15) is 38.2 Å². The monoisotopic (exact) mass is 295 g/mol. The average Bonchev–Trinajstić information content (AvgIpc) is 2.77. The maximum Gasteiger partial charge on any atom is 0.0175 e. The van der Waals surface area contributed by atoms with Crippen molar-refractivity contribution >= 4 is 15.9 Å². The molecule has 2 atom stereocenters. The molecule has 1 nitrogen and oxygen atoms in total. The van der Waals surface area contributed by atoms with Gasteiger partial charge in [0, 0.05) is 10.5 Å². The molecular weight excluding hydrogens is 274 g/mol. The summed E-state index contributed by atoms with van der Waals surface area (Å²) in [5.74, 6) is 0.836. The maximum absolute atomic E-state index is 3.70. The minimum Gasteiger partial charge on any atom is -0.314 e. The van der Waals surface area contributed by atoms with Crippen molar-refractivity contribution in [1.82, 2.24) is 5.32 Å². The van der Waals surface area contributed by atoms with Crippen molar-refractivity contribution in [2.45, 2.75) is 45.1 Å². The SMILES string of the molecule is CCCNC1CCCC1Cc1ccc(Br)cc1. The van der Waals surface area contributed by atoms with Gasteiger partial charge < -0.3 is 5.32 Å². The van der Waals surface area contributed by atoms with Gasteiger partial charge >= 0.3 is 0 Å². The fourth-order valence-electron chi connectivity index (χ4n) is 2.80. The highest BCUT2D eigenvalue weighted by Crippen LogP contribution is 2.29. The van der Waals surface area contributed by atoms with Gasteiger partial charge in [-0.25, -0.2) is 0 Å². The molecule has 0 saturated heterocycles. The third-order valence-corrected chi connectivity index (χ3v) is 4.26. The molecular formula is C15H22BrN. The zero-order chi connectivity index (χ0) is 12.1. The smallest absolute Gasteiger partial charge is 0.0175 e. The van der Waals surface area contributed by atoms with E-state index in [2.05, 4.69) is 52.4 Å². The summed E-state index contributed by atoms with van der Waals surface area (Å²) in [5, 5.41) is 3.70. The first-order valence-electron chi connectivity index (χ1n) is 6.77. The minimum absolute atomic E-state index is 0.749. The van der Waals surface area contributed by atoms with E-state index in [-0.39, 0.29) is 0 Å². The number of hydrogen-bond acceptors (Lipinski definition) is 1. The van der Waals surface area contributed by atoms with Crippen molar-refractivity contribution in [1.29, 1.82) is 0 Å². The van der Waals surface area contributed by atoms with Crippen LogP contribution in [0.2, 0.25) is 0 Å². The van der Waals surface area contributed by atoms with E-state index in [4.69, 9.17) is 0 Å². The van der Waals surface area contributed by atoms with Gasteiger partial charge in [0.15, 0.2) is 0 Å². The molecule has 0 amide bonds. The summed E-state index contributed by atoms with van der Waals surface area (Å²) >= 11 is 3.49. The van der Waals surface area contributed by atoms with E-state index in [0.29, 0.717) is 0 Å². The van der Waals surface area contributed by atoms with Crippen molar-refractivity contribution in [3.63, 3.8) is 0 Å². The molecule has 1 aromatic rings. The topological polar surface area (TPSA) is 12.0 Å². The standard InChI is InChI=1S/C15H22BrN/c1-2-10-17-15-5-3-4-13(15)11-12-6-8-14(16)9-7-12/h6-9,13,15,17H,2-5,10-11H2,1H3. The highest BCUT2D eigenvalue weighted by atomic mass is 79.9. The Balaban J connectivity index is 1.90. The third kappa shape index (κ3) is 3.82. The van der Waals surface area contributed by atoms with Crippen LogP contribution in [0.3, 0.4) is 0 Å². The zero-order valence-electron chi connectivity index (χ0n) is 10.6. The Bertz CT molecular complexity index is 333. The summed E-state index contributed by atoms with van der Waals surface area (Å²) in [6.07, 6.45) is 6.61. The van der Waals surface area contributed by atoms with Gasteiger partial charge in [0.1, 0.15) is 0 Å². The second-order valence-electron chi connectivity index (χ2n) is 5.08. The number of rotatable bonds is 5. The number of halogens is 1. The van der Waals surface area contributed by atoms with Gasteiger partial charge in [-0.2, -0.15) is 0 Å². The van der Waals surface area contributed by atoms with Crippen molar-refractivity contribution < 1.29 is 0 Å². The molecule has 0 aromatic heterocycles. The van der Waals surface area contributed by atoms with Crippen molar-refractivity contribution in [3.8, 4) is 0 Å². The first-order valence-corrected chi connectivity index (χ1v) is 7.56. The number of nitrogens with one attached hydrogen (secondary N) is 1. The molecule has 17 heavy (non-hydrogen) atoms. The molecule has 0 radical (unpaired) electrons. The van der Waals surface area contributed by atoms with E-state index in [1.165, 1.54) is 48.7 Å². The molecule has 1 aliphatic rings. The Morgan fingerprint density at radius 1 is 1.24 bits per heavy atom. The van der Waals surface area contributed by atoms with Crippen LogP contribution < -0.4 is 5.32 Å². The van der Waals surface area contributed by atoms with Gasteiger partial charge in [-0.3, -0.25) is 0 Å². The molecule has 94 valence electrons. The lowest BCUT2D eigenvalue weighted by Gasteiger charge is -2.21. The Morgan fingerprint density at radius 2 is 2.00 bits per heavy atom. The van der Waals surface area contributed by atoms with Crippen molar-refractivity contribution in [2.75, 3.05) is 6.54 Å². The minimum atomic E-state index is 0.749. The van der Waals surface area contributed by atoms with Gasteiger partial charge in [-0.05, 0) is 55.8 Å². The van der Waals surface area contributed by atoms with Crippen LogP contribution in [-0.4, -0.2) is 12.6 Å². The molecule has 2 unspecified atom stereocenters. The summed E-state index contributed by atoms with van der Waals surface area (Å²) < 4.78 is 1.17. The molecule has 0 aliphatic heterocycles. The molecule has 0 spiro atoms. The summed E-state index contributed by atoms with van der Waals surface area (Å²) in [4.78, 5) is 0. The van der Waals surface area contributed by atoms with Gasteiger partial charge in [0.05, 0.1) is 0 Å². The predicted molar refractivity (Wildman–Crippen MR) is 77.3 cm³/mol. The molecule has 2 heteroatoms. The van der Waals surface area contributed by atoms with Crippen LogP contribution in [0.4, 0.5) is 0 Å². The Kier molecular flexibility index (Phi) is 5.05. The van der Waals surface area contributed by atoms with Crippen LogP contribution in [-0.2, 0) is 6.42 Å². The van der Waals surface area contributed by atoms with E-state index in [9.17, 15) is 0 Å². The average molecular weight is 296 g/mol. The fraction of sp³-hybridized carbons (Fsp3) is 0.600. The lowest BCUT2D eigenvalue weighted by molar-refractivity contribution is 0.399. The zero-order valence-corrected chi connectivity index (χ0v) is 12.2. The van der Waals surface area contributed by atoms with Gasteiger partial charge in [0.25, 0.3) is 0 Å². The molecule has 0 bridgehead atoms. The van der Waals surface area contributed by atoms with E-state index >= 15 is 0 Å². The van der Waals surface area contributed by atoms with E-state index in [0.717, 1.165) is 12.0 Å². The third-order valence-electron chi connectivity index (χ3n) is 3.73. The first kappa shape index (κ1) is 13.1. The van der Waals surface area contributed by atoms with Crippen LogP contribution >= 0.6 is 15.9 Å². The fourth-order valence-corrected chi connectivity index (χ4v) is 3.07. The van der Waals surface area contributed by atoms with Gasteiger partial charge in [-0.15, -0.1) is 0 Å². The van der Waals surface area contributed by atoms with Crippen LogP contribution in [0.25, 0.3) is 0 Å². The van der Waals surface area contributed by atoms with Crippen molar-refractivity contribution in [3.05, 3.63) is 34.3 Å². The maximum atomic E-state index is 3.70. The van der Waals surface area contributed by atoms with Crippen molar-refractivity contribution in [2.24, 2.45) is 5.92 Å². The van der Waals surface area contributed by atoms with Crippen LogP contribution in [0, 0.1) is 5.92 Å². The van der Waals surface area contributed by atoms with Gasteiger partial charge in [-0.1, -0.05) is 41.4 Å². The Labute approximate surface area is 113 Å². The highest BCUT2D eigenvalue weighted by molar-refractivity contribution is 9.10. The summed E-state index contributed by atoms with van der Waals surface area (Å²) in [6.45, 7) is 3.41. The summed E-state index contributed by atoms with van der Waals surface area (Å²) in [5.41, 5.74) is 1.48. The Morgan fingerprint density at radius 3 is 2.71 bits per heavy atom. The normalized spacial score (nSPS) is 24.1. The molecule has 2 rings (SSSR count). The van der Waals surface area contributed by atoms with E-state index in [1.54, 1.807) is 0 Å². The molecule has 0 heterocycles. The van der Waals surface area contributed by atoms with Gasteiger partial charge in [0.2, 0.25) is 0 Å². The predicted octanol–water partition coefficient (Wildman–Crippen LogP) is 4.16. The quantitative estimate of drug-likeness (QED) is 0.860. The lowest BCUT2D eigenvalue weighted by Crippen LogP contribution is -2.33. The van der Waals surface area contributed by atoms with E-state index in [1.807, 2.05) is 0 Å². The summed E-state index contributed by atoms with van der Waals surface area (Å²) in [6, 6.07) is 9.55. The lowest BCUT2D eigenvalue weighted by atomic mass is 9.94. The largest absolute Gasteiger partial charge is 0.314 e. The number of hydrogen-bond donors (Lipinski definition) is 1. The summed E-state index contributed by atoms with van der Waals surface area (Å²) in [7, 11) is 0. The van der Waals surface area contributed by atoms with Crippen LogP contribution in [0.15, 0.2) is 28.7 Å². The molecule has 1 aliphatic carbocycles. The first-order chi connectivity index (χ1) is 8.29. The van der Waals surface area contributed by atoms with E-state index < -0.39 is 0 Å². The number of benzene rings is 1.